The van der Waals surface area contributed by atoms with Crippen molar-refractivity contribution >= 4 is 29.1 Å². The topological polar surface area (TPSA) is 116 Å². The molecule has 0 amide bonds. The fourth-order valence-electron chi connectivity index (χ4n) is 1.85. The molecule has 2 rings (SSSR count). The standard InChI is InChI=1S/C15H12N2O5S/c18-15(19)12-3-1-2-4-14(12)23-9-13(16-20)10-5-7-11(8-6-10)17(21)22/h1-8,20H,9H2,(H,18,19)/p-1/b16-13-. The van der Waals surface area contributed by atoms with E-state index in [1.807, 2.05) is 0 Å². The van der Waals surface area contributed by atoms with E-state index < -0.39 is 10.9 Å². The van der Waals surface area contributed by atoms with Crippen molar-refractivity contribution in [1.29, 1.82) is 0 Å². The summed E-state index contributed by atoms with van der Waals surface area (Å²) in [6.07, 6.45) is 0. The Hall–Kier alpha value is -2.87. The van der Waals surface area contributed by atoms with Crippen molar-refractivity contribution in [3.05, 3.63) is 69.8 Å². The third-order valence-corrected chi connectivity index (χ3v) is 4.09. The summed E-state index contributed by atoms with van der Waals surface area (Å²) in [5.41, 5.74) is 0.772. The molecule has 0 atom stereocenters. The SMILES string of the molecule is O=C([O-])c1ccccc1SC/C(=N/O)c1ccc([N+](=O)[O-])cc1. The number of carbonyl (C=O) groups is 1. The van der Waals surface area contributed by atoms with E-state index in [0.717, 1.165) is 0 Å². The van der Waals surface area contributed by atoms with Crippen LogP contribution < -0.4 is 5.11 Å². The molecular formula is C15H11N2O5S-. The summed E-state index contributed by atoms with van der Waals surface area (Å²) in [6, 6.07) is 11.9. The van der Waals surface area contributed by atoms with Crippen LogP contribution in [0.15, 0.2) is 58.6 Å². The predicted octanol–water partition coefficient (Wildman–Crippen LogP) is 1.93. The highest BCUT2D eigenvalue weighted by Crippen LogP contribution is 2.24. The van der Waals surface area contributed by atoms with Crippen molar-refractivity contribution < 1.29 is 20.0 Å². The summed E-state index contributed by atoms with van der Waals surface area (Å²) in [7, 11) is 0. The molecule has 0 fully saturated rings. The number of benzene rings is 2. The molecule has 0 aromatic heterocycles. The molecule has 0 saturated heterocycles. The Morgan fingerprint density at radius 2 is 1.83 bits per heavy atom. The van der Waals surface area contributed by atoms with Crippen molar-refractivity contribution in [2.24, 2.45) is 5.16 Å². The molecule has 0 aliphatic carbocycles. The van der Waals surface area contributed by atoms with Crippen LogP contribution in [-0.4, -0.2) is 27.6 Å². The normalized spacial score (nSPS) is 11.2. The van der Waals surface area contributed by atoms with E-state index in [1.165, 1.54) is 42.1 Å². The van der Waals surface area contributed by atoms with Crippen LogP contribution in [0.1, 0.15) is 15.9 Å². The Bertz CT molecular complexity index is 759. The summed E-state index contributed by atoms with van der Waals surface area (Å²) in [4.78, 5) is 21.6. The Balaban J connectivity index is 2.15. The fraction of sp³-hybridized carbons (Fsp3) is 0.0667. The highest BCUT2D eigenvalue weighted by molar-refractivity contribution is 8.00. The van der Waals surface area contributed by atoms with Gasteiger partial charge in [-0.2, -0.15) is 0 Å². The number of nitro groups is 1. The molecule has 1 N–H and O–H groups in total. The number of hydrogen-bond donors (Lipinski definition) is 1. The number of non-ortho nitro benzene ring substituents is 1. The lowest BCUT2D eigenvalue weighted by atomic mass is 10.1. The van der Waals surface area contributed by atoms with Gasteiger partial charge in [0.15, 0.2) is 0 Å². The maximum Gasteiger partial charge on any atom is 0.269 e. The third-order valence-electron chi connectivity index (χ3n) is 3.00. The number of carboxylic acids is 1. The van der Waals surface area contributed by atoms with Gasteiger partial charge < -0.3 is 15.1 Å². The van der Waals surface area contributed by atoms with E-state index in [9.17, 15) is 20.0 Å². The zero-order valence-electron chi connectivity index (χ0n) is 11.7. The number of nitro benzene ring substituents is 1. The van der Waals surface area contributed by atoms with Gasteiger partial charge in [-0.15, -0.1) is 11.8 Å². The van der Waals surface area contributed by atoms with Gasteiger partial charge in [-0.25, -0.2) is 0 Å². The summed E-state index contributed by atoms with van der Waals surface area (Å²) in [5.74, 6) is -1.09. The molecule has 0 spiro atoms. The molecule has 23 heavy (non-hydrogen) atoms. The van der Waals surface area contributed by atoms with Crippen LogP contribution in [-0.2, 0) is 0 Å². The fourth-order valence-corrected chi connectivity index (χ4v) is 2.85. The highest BCUT2D eigenvalue weighted by atomic mass is 32.2. The van der Waals surface area contributed by atoms with Crippen LogP contribution in [0.4, 0.5) is 5.69 Å². The second-order valence-electron chi connectivity index (χ2n) is 4.42. The molecule has 2 aromatic carbocycles. The molecule has 0 saturated carbocycles. The quantitative estimate of drug-likeness (QED) is 0.284. The molecule has 0 bridgehead atoms. The number of aromatic carboxylic acids is 1. The number of oxime groups is 1. The first kappa shape index (κ1) is 16.5. The van der Waals surface area contributed by atoms with Gasteiger partial charge in [0, 0.05) is 33.9 Å². The van der Waals surface area contributed by atoms with Crippen LogP contribution in [0, 0.1) is 10.1 Å². The Morgan fingerprint density at radius 1 is 1.17 bits per heavy atom. The zero-order valence-corrected chi connectivity index (χ0v) is 12.5. The van der Waals surface area contributed by atoms with Gasteiger partial charge in [-0.1, -0.05) is 23.4 Å². The van der Waals surface area contributed by atoms with E-state index in [0.29, 0.717) is 10.5 Å². The van der Waals surface area contributed by atoms with Crippen molar-refractivity contribution in [3.63, 3.8) is 0 Å². The first-order valence-electron chi connectivity index (χ1n) is 6.42. The van der Waals surface area contributed by atoms with Gasteiger partial charge in [0.25, 0.3) is 5.69 Å². The van der Waals surface area contributed by atoms with Gasteiger partial charge in [-0.3, -0.25) is 10.1 Å². The molecule has 0 aliphatic rings. The van der Waals surface area contributed by atoms with Crippen molar-refractivity contribution in [1.82, 2.24) is 0 Å². The minimum atomic E-state index is -1.29. The number of nitrogens with zero attached hydrogens (tertiary/aromatic N) is 2. The molecule has 8 heteroatoms. The van der Waals surface area contributed by atoms with E-state index in [4.69, 9.17) is 5.21 Å². The van der Waals surface area contributed by atoms with Gasteiger partial charge in [0.1, 0.15) is 0 Å². The molecule has 0 aliphatic heterocycles. The first-order chi connectivity index (χ1) is 11.0. The van der Waals surface area contributed by atoms with Gasteiger partial charge in [0.05, 0.1) is 16.6 Å². The van der Waals surface area contributed by atoms with E-state index in [-0.39, 0.29) is 22.7 Å². The number of hydrogen-bond acceptors (Lipinski definition) is 7. The highest BCUT2D eigenvalue weighted by Gasteiger charge is 2.11. The second kappa shape index (κ2) is 7.41. The first-order valence-corrected chi connectivity index (χ1v) is 7.40. The Labute approximate surface area is 135 Å². The average molecular weight is 331 g/mol. The molecule has 118 valence electrons. The number of carboxylic acid groups (broad SMARTS) is 1. The van der Waals surface area contributed by atoms with Gasteiger partial charge in [0.2, 0.25) is 0 Å². The van der Waals surface area contributed by atoms with Crippen LogP contribution >= 0.6 is 11.8 Å². The molecule has 7 nitrogen and oxygen atoms in total. The number of rotatable bonds is 6. The monoisotopic (exact) mass is 331 g/mol. The largest absolute Gasteiger partial charge is 0.545 e. The van der Waals surface area contributed by atoms with Gasteiger partial charge >= 0.3 is 0 Å². The lowest BCUT2D eigenvalue weighted by Crippen LogP contribution is -2.23. The summed E-state index contributed by atoms with van der Waals surface area (Å²) in [6.45, 7) is 0. The molecule has 2 aromatic rings. The van der Waals surface area contributed by atoms with E-state index in [2.05, 4.69) is 5.16 Å². The zero-order chi connectivity index (χ0) is 16.8. The van der Waals surface area contributed by atoms with Crippen LogP contribution in [0.25, 0.3) is 0 Å². The van der Waals surface area contributed by atoms with E-state index in [1.54, 1.807) is 18.2 Å². The Kier molecular flexibility index (Phi) is 5.32. The summed E-state index contributed by atoms with van der Waals surface area (Å²) in [5, 5.41) is 34.0. The summed E-state index contributed by atoms with van der Waals surface area (Å²) >= 11 is 1.17. The maximum atomic E-state index is 11.0. The predicted molar refractivity (Wildman–Crippen MR) is 82.9 cm³/mol. The minimum absolute atomic E-state index is 0.0542. The molecular weight excluding hydrogens is 320 g/mol. The van der Waals surface area contributed by atoms with Gasteiger partial charge in [-0.05, 0) is 18.2 Å². The number of carbonyl (C=O) groups excluding carboxylic acids is 1. The van der Waals surface area contributed by atoms with Crippen LogP contribution in [0.5, 0.6) is 0 Å². The maximum absolute atomic E-state index is 11.0. The molecule has 0 radical (unpaired) electrons. The van der Waals surface area contributed by atoms with Crippen LogP contribution in [0.2, 0.25) is 0 Å². The van der Waals surface area contributed by atoms with Crippen molar-refractivity contribution in [2.75, 3.05) is 5.75 Å². The molecule has 0 heterocycles. The van der Waals surface area contributed by atoms with E-state index >= 15 is 0 Å². The van der Waals surface area contributed by atoms with Crippen LogP contribution in [0.3, 0.4) is 0 Å². The second-order valence-corrected chi connectivity index (χ2v) is 5.44. The van der Waals surface area contributed by atoms with Crippen molar-refractivity contribution in [2.45, 2.75) is 4.90 Å². The lowest BCUT2D eigenvalue weighted by Gasteiger charge is -2.10. The lowest BCUT2D eigenvalue weighted by molar-refractivity contribution is -0.384. The average Bonchev–Trinajstić information content (AvgIpc) is 2.56. The Morgan fingerprint density at radius 3 is 2.39 bits per heavy atom. The summed E-state index contributed by atoms with van der Waals surface area (Å²) < 4.78 is 0. The minimum Gasteiger partial charge on any atom is -0.545 e. The molecule has 0 unspecified atom stereocenters. The smallest absolute Gasteiger partial charge is 0.269 e. The number of thioether (sulfide) groups is 1. The van der Waals surface area contributed by atoms with Crippen molar-refractivity contribution in [3.8, 4) is 0 Å². The third kappa shape index (κ3) is 4.07.